The highest BCUT2D eigenvalue weighted by Crippen LogP contribution is 1.77. The van der Waals surface area contributed by atoms with Crippen LogP contribution in [-0.2, 0) is 0 Å². The summed E-state index contributed by atoms with van der Waals surface area (Å²) < 4.78 is 0. The summed E-state index contributed by atoms with van der Waals surface area (Å²) in [4.78, 5) is 0. The van der Waals surface area contributed by atoms with E-state index in [-0.39, 0.29) is 0 Å². The van der Waals surface area contributed by atoms with Crippen molar-refractivity contribution in [1.82, 2.24) is 0 Å². The number of hydrogen-bond donors (Lipinski definition) is 0. The van der Waals surface area contributed by atoms with E-state index < -0.39 is 0 Å². The van der Waals surface area contributed by atoms with Crippen molar-refractivity contribution in [3.63, 3.8) is 0 Å². The molecule has 0 aliphatic carbocycles. The zero-order valence-electron chi connectivity index (χ0n) is 5.46. The first-order valence-corrected chi connectivity index (χ1v) is 2.82. The molecule has 44 valence electrons. The fraction of sp³-hybridized carbons (Fsp3) is 0.250. The van der Waals surface area contributed by atoms with E-state index in [1.54, 1.807) is 0 Å². The molecule has 8 heavy (non-hydrogen) atoms. The zero-order chi connectivity index (χ0) is 6.24. The highest BCUT2D eigenvalue weighted by atomic mass is 13.6. The van der Waals surface area contributed by atoms with Gasteiger partial charge in [-0.25, -0.2) is 0 Å². The Balaban J connectivity index is 3.35. The zero-order valence-corrected chi connectivity index (χ0v) is 5.46. The van der Waals surface area contributed by atoms with Gasteiger partial charge in [0, 0.05) is 0 Å². The average Bonchev–Trinajstić information content (AvgIpc) is 1.81. The molecule has 0 aromatic carbocycles. The van der Waals surface area contributed by atoms with Crippen molar-refractivity contribution in [1.29, 1.82) is 0 Å². The van der Waals surface area contributed by atoms with Crippen molar-refractivity contribution in [2.75, 3.05) is 0 Å². The lowest BCUT2D eigenvalue weighted by Gasteiger charge is -1.68. The molecule has 0 aromatic heterocycles. The molecule has 0 aliphatic heterocycles. The minimum absolute atomic E-state index is 2.00. The normalized spacial score (nSPS) is 12.8. The Morgan fingerprint density at radius 3 is 1.25 bits per heavy atom. The number of hydrogen-bond acceptors (Lipinski definition) is 0. The molecular formula is C8H12. The Labute approximate surface area is 51.2 Å². The van der Waals surface area contributed by atoms with Gasteiger partial charge in [-0.2, -0.15) is 0 Å². The molecule has 0 heteroatoms. The van der Waals surface area contributed by atoms with Crippen LogP contribution in [0.25, 0.3) is 0 Å². The third-order valence-corrected chi connectivity index (χ3v) is 0.718. The Bertz CT molecular complexity index is 91.2. The standard InChI is InChI=1S/C8H12/c1-3-5-7-8-6-4-2/h3-8H,1-2H3/b5-3+,6-4?,8-7?. The minimum Gasteiger partial charge on any atom is -0.0877 e. The van der Waals surface area contributed by atoms with Gasteiger partial charge in [0.05, 0.1) is 0 Å². The minimum atomic E-state index is 2.00. The summed E-state index contributed by atoms with van der Waals surface area (Å²) in [7, 11) is 0. The molecule has 0 bridgehead atoms. The van der Waals surface area contributed by atoms with Crippen molar-refractivity contribution in [3.8, 4) is 0 Å². The molecule has 0 aromatic rings. The van der Waals surface area contributed by atoms with Crippen LogP contribution in [0.5, 0.6) is 0 Å². The highest BCUT2D eigenvalue weighted by Gasteiger charge is 1.55. The molecule has 0 nitrogen and oxygen atoms in total. The van der Waals surface area contributed by atoms with E-state index in [1.165, 1.54) is 0 Å². The lowest BCUT2D eigenvalue weighted by Crippen LogP contribution is -1.46. The maximum atomic E-state index is 2.00. The van der Waals surface area contributed by atoms with Crippen molar-refractivity contribution in [3.05, 3.63) is 36.5 Å². The van der Waals surface area contributed by atoms with Crippen LogP contribution in [0, 0.1) is 0 Å². The van der Waals surface area contributed by atoms with E-state index in [4.69, 9.17) is 0 Å². The second-order valence-electron chi connectivity index (χ2n) is 1.44. The van der Waals surface area contributed by atoms with Crippen LogP contribution in [0.1, 0.15) is 13.8 Å². The summed E-state index contributed by atoms with van der Waals surface area (Å²) in [6.07, 6.45) is 12.0. The fourth-order valence-electron chi connectivity index (χ4n) is 0.351. The third-order valence-electron chi connectivity index (χ3n) is 0.718. The van der Waals surface area contributed by atoms with Gasteiger partial charge in [0.2, 0.25) is 0 Å². The lowest BCUT2D eigenvalue weighted by atomic mass is 10.4. The van der Waals surface area contributed by atoms with E-state index in [0.29, 0.717) is 0 Å². The smallest absolute Gasteiger partial charge is 0.0467 e. The molecule has 0 saturated heterocycles. The molecule has 0 aliphatic rings. The molecule has 0 radical (unpaired) electrons. The van der Waals surface area contributed by atoms with Gasteiger partial charge in [-0.15, -0.1) is 0 Å². The second kappa shape index (κ2) is 6.22. The molecule has 0 amide bonds. The molecule has 0 spiro atoms. The van der Waals surface area contributed by atoms with Crippen LogP contribution in [0.15, 0.2) is 36.5 Å². The van der Waals surface area contributed by atoms with Crippen LogP contribution in [0.2, 0.25) is 0 Å². The first kappa shape index (κ1) is 7.22. The first-order chi connectivity index (χ1) is 3.91. The molecule has 0 N–H and O–H groups in total. The summed E-state index contributed by atoms with van der Waals surface area (Å²) in [6, 6.07) is 0. The molecule has 0 unspecified atom stereocenters. The van der Waals surface area contributed by atoms with Crippen molar-refractivity contribution in [2.24, 2.45) is 0 Å². The van der Waals surface area contributed by atoms with E-state index in [1.807, 2.05) is 50.3 Å². The molecular weight excluding hydrogens is 96.1 g/mol. The van der Waals surface area contributed by atoms with Crippen molar-refractivity contribution in [2.45, 2.75) is 13.8 Å². The fourth-order valence-corrected chi connectivity index (χ4v) is 0.351. The largest absolute Gasteiger partial charge is 0.0877 e. The van der Waals surface area contributed by atoms with E-state index in [9.17, 15) is 0 Å². The molecule has 0 fully saturated rings. The monoisotopic (exact) mass is 108 g/mol. The Morgan fingerprint density at radius 2 is 1.00 bits per heavy atom. The van der Waals surface area contributed by atoms with E-state index in [2.05, 4.69) is 0 Å². The van der Waals surface area contributed by atoms with Crippen LogP contribution in [0.4, 0.5) is 0 Å². The highest BCUT2D eigenvalue weighted by molar-refractivity contribution is 5.09. The van der Waals surface area contributed by atoms with Crippen LogP contribution in [0.3, 0.4) is 0 Å². The Morgan fingerprint density at radius 1 is 0.625 bits per heavy atom. The number of allylic oxidation sites excluding steroid dienone is 6. The second-order valence-corrected chi connectivity index (χ2v) is 1.44. The maximum Gasteiger partial charge on any atom is -0.0467 e. The topological polar surface area (TPSA) is 0 Å². The summed E-state index contributed by atoms with van der Waals surface area (Å²) in [6.45, 7) is 4.00. The molecule has 0 saturated carbocycles. The predicted molar refractivity (Wildman–Crippen MR) is 38.8 cm³/mol. The number of rotatable bonds is 2. The third kappa shape index (κ3) is 5.22. The summed E-state index contributed by atoms with van der Waals surface area (Å²) in [5.41, 5.74) is 0. The SMILES string of the molecule is CC=CC=C/C=C/C. The first-order valence-electron chi connectivity index (χ1n) is 2.82. The summed E-state index contributed by atoms with van der Waals surface area (Å²) >= 11 is 0. The predicted octanol–water partition coefficient (Wildman–Crippen LogP) is 2.69. The Kier molecular flexibility index (Phi) is 5.61. The van der Waals surface area contributed by atoms with Crippen LogP contribution in [-0.4, -0.2) is 0 Å². The lowest BCUT2D eigenvalue weighted by molar-refractivity contribution is 1.71. The molecule has 0 rings (SSSR count). The molecule has 0 atom stereocenters. The summed E-state index contributed by atoms with van der Waals surface area (Å²) in [5, 5.41) is 0. The van der Waals surface area contributed by atoms with Crippen LogP contribution < -0.4 is 0 Å². The van der Waals surface area contributed by atoms with Crippen molar-refractivity contribution < 1.29 is 0 Å². The Hall–Kier alpha value is -0.780. The maximum absolute atomic E-state index is 2.00. The van der Waals surface area contributed by atoms with E-state index in [0.717, 1.165) is 0 Å². The van der Waals surface area contributed by atoms with Crippen molar-refractivity contribution >= 4 is 0 Å². The van der Waals surface area contributed by atoms with Gasteiger partial charge >= 0.3 is 0 Å². The van der Waals surface area contributed by atoms with Gasteiger partial charge in [0.1, 0.15) is 0 Å². The van der Waals surface area contributed by atoms with Gasteiger partial charge in [-0.05, 0) is 13.8 Å². The average molecular weight is 108 g/mol. The molecule has 0 heterocycles. The quantitative estimate of drug-likeness (QED) is 0.477. The van der Waals surface area contributed by atoms with Gasteiger partial charge in [0.15, 0.2) is 0 Å². The van der Waals surface area contributed by atoms with Crippen LogP contribution >= 0.6 is 0 Å². The van der Waals surface area contributed by atoms with Gasteiger partial charge in [-0.1, -0.05) is 36.5 Å². The van der Waals surface area contributed by atoms with E-state index >= 15 is 0 Å². The van der Waals surface area contributed by atoms with Gasteiger partial charge in [-0.3, -0.25) is 0 Å². The van der Waals surface area contributed by atoms with Gasteiger partial charge < -0.3 is 0 Å². The van der Waals surface area contributed by atoms with Gasteiger partial charge in [0.25, 0.3) is 0 Å². The summed E-state index contributed by atoms with van der Waals surface area (Å²) in [5.74, 6) is 0.